The molecule has 0 bridgehead atoms. The van der Waals surface area contributed by atoms with Gasteiger partial charge in [0.2, 0.25) is 0 Å². The molecule has 0 unspecified atom stereocenters. The highest BCUT2D eigenvalue weighted by Crippen LogP contribution is 2.32. The summed E-state index contributed by atoms with van der Waals surface area (Å²) in [5, 5.41) is 13.4. The minimum absolute atomic E-state index is 0.240. The minimum Gasteiger partial charge on any atom is -0.508 e. The Kier molecular flexibility index (Phi) is 5.87. The van der Waals surface area contributed by atoms with Crippen LogP contribution in [0.4, 0.5) is 5.69 Å². The number of ether oxygens (including phenoxy) is 2. The van der Waals surface area contributed by atoms with Gasteiger partial charge in [-0.25, -0.2) is 0 Å². The molecule has 0 spiro atoms. The molecule has 3 aromatic carbocycles. The molecular weight excluding hydrogens is 350 g/mol. The molecule has 2 N–H and O–H groups in total. The molecule has 26 heavy (non-hydrogen) atoms. The first-order valence-corrected chi connectivity index (χ1v) is 8.59. The zero-order valence-electron chi connectivity index (χ0n) is 14.4. The molecule has 0 aliphatic heterocycles. The van der Waals surface area contributed by atoms with E-state index in [0.717, 1.165) is 16.8 Å². The number of benzene rings is 3. The van der Waals surface area contributed by atoms with Gasteiger partial charge in [-0.2, -0.15) is 0 Å². The Morgan fingerprint density at radius 1 is 0.962 bits per heavy atom. The molecule has 0 aliphatic rings. The lowest BCUT2D eigenvalue weighted by Gasteiger charge is -2.16. The Morgan fingerprint density at radius 2 is 1.69 bits per heavy atom. The SMILES string of the molecule is COc1cccc(CNc2ccc(O)cc2)c1OCc1ccc(Cl)cc1. The highest BCUT2D eigenvalue weighted by atomic mass is 35.5. The molecule has 5 heteroatoms. The summed E-state index contributed by atoms with van der Waals surface area (Å²) >= 11 is 5.93. The monoisotopic (exact) mass is 369 g/mol. The van der Waals surface area contributed by atoms with E-state index in [4.69, 9.17) is 21.1 Å². The summed E-state index contributed by atoms with van der Waals surface area (Å²) in [6.45, 7) is 0.988. The Hall–Kier alpha value is -2.85. The Morgan fingerprint density at radius 3 is 2.38 bits per heavy atom. The van der Waals surface area contributed by atoms with Crippen LogP contribution in [0.1, 0.15) is 11.1 Å². The fourth-order valence-electron chi connectivity index (χ4n) is 2.54. The third kappa shape index (κ3) is 4.61. The van der Waals surface area contributed by atoms with Crippen molar-refractivity contribution in [3.05, 3.63) is 82.9 Å². The summed E-state index contributed by atoms with van der Waals surface area (Å²) in [5.74, 6) is 1.63. The third-order valence-corrected chi connectivity index (χ3v) is 4.18. The van der Waals surface area contributed by atoms with Gasteiger partial charge in [-0.05, 0) is 48.0 Å². The number of hydrogen-bond acceptors (Lipinski definition) is 4. The van der Waals surface area contributed by atoms with Crippen LogP contribution in [0, 0.1) is 0 Å². The van der Waals surface area contributed by atoms with E-state index < -0.39 is 0 Å². The van der Waals surface area contributed by atoms with Gasteiger partial charge in [0, 0.05) is 22.8 Å². The van der Waals surface area contributed by atoms with Crippen LogP contribution in [0.2, 0.25) is 5.02 Å². The van der Waals surface area contributed by atoms with Gasteiger partial charge in [0.15, 0.2) is 11.5 Å². The second-order valence-corrected chi connectivity index (χ2v) is 6.20. The maximum absolute atomic E-state index is 9.38. The average molecular weight is 370 g/mol. The summed E-state index contributed by atoms with van der Waals surface area (Å²) in [6, 6.07) is 20.3. The molecule has 0 atom stereocenters. The first-order valence-electron chi connectivity index (χ1n) is 8.22. The van der Waals surface area contributed by atoms with Crippen LogP contribution in [0.3, 0.4) is 0 Å². The summed E-state index contributed by atoms with van der Waals surface area (Å²) in [6.07, 6.45) is 0. The molecule has 0 aromatic heterocycles. The average Bonchev–Trinajstić information content (AvgIpc) is 2.67. The van der Waals surface area contributed by atoms with Gasteiger partial charge in [-0.1, -0.05) is 35.9 Å². The maximum atomic E-state index is 9.38. The standard InChI is InChI=1S/C21H20ClNO3/c1-25-20-4-2-3-16(13-23-18-9-11-19(24)12-10-18)21(20)26-14-15-5-7-17(22)8-6-15/h2-12,23-24H,13-14H2,1H3. The van der Waals surface area contributed by atoms with Gasteiger partial charge >= 0.3 is 0 Å². The van der Waals surface area contributed by atoms with Crippen molar-refractivity contribution in [3.63, 3.8) is 0 Å². The van der Waals surface area contributed by atoms with E-state index in [9.17, 15) is 5.11 Å². The number of rotatable bonds is 7. The van der Waals surface area contributed by atoms with E-state index in [0.29, 0.717) is 29.7 Å². The largest absolute Gasteiger partial charge is 0.508 e. The van der Waals surface area contributed by atoms with Crippen LogP contribution < -0.4 is 14.8 Å². The van der Waals surface area contributed by atoms with Crippen LogP contribution in [-0.2, 0) is 13.2 Å². The fourth-order valence-corrected chi connectivity index (χ4v) is 2.66. The lowest BCUT2D eigenvalue weighted by molar-refractivity contribution is 0.281. The van der Waals surface area contributed by atoms with Crippen molar-refractivity contribution < 1.29 is 14.6 Å². The van der Waals surface area contributed by atoms with E-state index in [1.54, 1.807) is 19.2 Å². The molecule has 0 amide bonds. The number of halogens is 1. The third-order valence-electron chi connectivity index (χ3n) is 3.93. The lowest BCUT2D eigenvalue weighted by atomic mass is 10.1. The number of nitrogens with one attached hydrogen (secondary N) is 1. The zero-order chi connectivity index (χ0) is 18.4. The van der Waals surface area contributed by atoms with Crippen molar-refractivity contribution >= 4 is 17.3 Å². The number of anilines is 1. The number of methoxy groups -OCH3 is 1. The fraction of sp³-hybridized carbons (Fsp3) is 0.143. The zero-order valence-corrected chi connectivity index (χ0v) is 15.2. The Balaban J connectivity index is 1.74. The number of phenolic OH excluding ortho intramolecular Hbond substituents is 1. The summed E-state index contributed by atoms with van der Waals surface area (Å²) in [4.78, 5) is 0. The normalized spacial score (nSPS) is 10.4. The topological polar surface area (TPSA) is 50.7 Å². The van der Waals surface area contributed by atoms with E-state index >= 15 is 0 Å². The smallest absolute Gasteiger partial charge is 0.166 e. The van der Waals surface area contributed by atoms with Crippen molar-refractivity contribution in [2.45, 2.75) is 13.2 Å². The van der Waals surface area contributed by atoms with Gasteiger partial charge in [0.1, 0.15) is 12.4 Å². The molecule has 3 rings (SSSR count). The van der Waals surface area contributed by atoms with E-state index in [-0.39, 0.29) is 5.75 Å². The number of para-hydroxylation sites is 1. The molecule has 4 nitrogen and oxygen atoms in total. The Labute approximate surface area is 158 Å². The quantitative estimate of drug-likeness (QED) is 0.559. The van der Waals surface area contributed by atoms with E-state index in [1.165, 1.54) is 0 Å². The van der Waals surface area contributed by atoms with Gasteiger partial charge in [0.05, 0.1) is 7.11 Å². The second kappa shape index (κ2) is 8.50. The molecule has 3 aromatic rings. The van der Waals surface area contributed by atoms with Gasteiger partial charge < -0.3 is 19.9 Å². The lowest BCUT2D eigenvalue weighted by Crippen LogP contribution is -2.05. The van der Waals surface area contributed by atoms with E-state index in [1.807, 2.05) is 54.6 Å². The molecule has 0 heterocycles. The predicted molar refractivity (Wildman–Crippen MR) is 104 cm³/mol. The first-order chi connectivity index (χ1) is 12.7. The van der Waals surface area contributed by atoms with Crippen molar-refractivity contribution in [2.75, 3.05) is 12.4 Å². The van der Waals surface area contributed by atoms with Crippen LogP contribution in [0.25, 0.3) is 0 Å². The van der Waals surface area contributed by atoms with Crippen LogP contribution in [-0.4, -0.2) is 12.2 Å². The predicted octanol–water partition coefficient (Wildman–Crippen LogP) is 5.25. The van der Waals surface area contributed by atoms with Crippen LogP contribution in [0.15, 0.2) is 66.7 Å². The minimum atomic E-state index is 0.240. The highest BCUT2D eigenvalue weighted by molar-refractivity contribution is 6.30. The second-order valence-electron chi connectivity index (χ2n) is 5.76. The molecule has 0 radical (unpaired) electrons. The maximum Gasteiger partial charge on any atom is 0.166 e. The van der Waals surface area contributed by atoms with Gasteiger partial charge in [-0.15, -0.1) is 0 Å². The van der Waals surface area contributed by atoms with E-state index in [2.05, 4.69) is 5.32 Å². The summed E-state index contributed by atoms with van der Waals surface area (Å²) < 4.78 is 11.5. The molecule has 0 saturated carbocycles. The molecule has 0 fully saturated rings. The summed E-state index contributed by atoms with van der Waals surface area (Å²) in [5.41, 5.74) is 2.92. The van der Waals surface area contributed by atoms with Crippen LogP contribution in [0.5, 0.6) is 17.2 Å². The van der Waals surface area contributed by atoms with Crippen molar-refractivity contribution in [1.82, 2.24) is 0 Å². The van der Waals surface area contributed by atoms with Gasteiger partial charge in [0.25, 0.3) is 0 Å². The first kappa shape index (κ1) is 18.0. The molecular formula is C21H20ClNO3. The van der Waals surface area contributed by atoms with Crippen LogP contribution >= 0.6 is 11.6 Å². The van der Waals surface area contributed by atoms with Gasteiger partial charge in [-0.3, -0.25) is 0 Å². The molecule has 0 aliphatic carbocycles. The molecule has 134 valence electrons. The van der Waals surface area contributed by atoms with Crippen molar-refractivity contribution in [1.29, 1.82) is 0 Å². The number of aromatic hydroxyl groups is 1. The Bertz CT molecular complexity index is 848. The van der Waals surface area contributed by atoms with Crippen molar-refractivity contribution in [2.24, 2.45) is 0 Å². The number of hydrogen-bond donors (Lipinski definition) is 2. The molecule has 0 saturated heterocycles. The number of phenols is 1. The van der Waals surface area contributed by atoms with Crippen molar-refractivity contribution in [3.8, 4) is 17.2 Å². The summed E-state index contributed by atoms with van der Waals surface area (Å²) in [7, 11) is 1.63. The highest BCUT2D eigenvalue weighted by Gasteiger charge is 2.11.